The molecule has 3 fully saturated rings. The summed E-state index contributed by atoms with van der Waals surface area (Å²) in [7, 11) is 0. The van der Waals surface area contributed by atoms with Gasteiger partial charge in [0.1, 0.15) is 6.17 Å². The number of rotatable bonds is 3. The van der Waals surface area contributed by atoms with Crippen molar-refractivity contribution >= 4 is 17.5 Å². The minimum absolute atomic E-state index is 0.117. The highest BCUT2D eigenvalue weighted by Crippen LogP contribution is 2.72. The van der Waals surface area contributed by atoms with E-state index < -0.39 is 101 Å². The Morgan fingerprint density at radius 3 is 2.45 bits per heavy atom. The lowest BCUT2D eigenvalue weighted by Gasteiger charge is -2.63. The van der Waals surface area contributed by atoms with Crippen molar-refractivity contribution in [1.29, 1.82) is 0 Å². The molecule has 0 amide bonds. The summed E-state index contributed by atoms with van der Waals surface area (Å²) in [5.41, 5.74) is -8.45. The van der Waals surface area contributed by atoms with E-state index >= 15 is 8.78 Å². The Labute approximate surface area is 189 Å². The molecule has 0 bridgehead atoms. The van der Waals surface area contributed by atoms with Crippen molar-refractivity contribution in [2.45, 2.75) is 70.5 Å². The fourth-order valence-electron chi connectivity index (χ4n) is 7.81. The number of fused-ring (bicyclic) bond motifs is 5. The summed E-state index contributed by atoms with van der Waals surface area (Å²) in [6, 6.07) is 0. The molecule has 0 aromatic carbocycles. The van der Waals surface area contributed by atoms with E-state index in [1.54, 1.807) is 13.8 Å². The van der Waals surface area contributed by atoms with Gasteiger partial charge in [-0.2, -0.15) is 0 Å². The first kappa shape index (κ1) is 24.1. The van der Waals surface area contributed by atoms with Gasteiger partial charge in [0.2, 0.25) is 11.6 Å². The monoisotopic (exact) mass is 472 g/mol. The van der Waals surface area contributed by atoms with Crippen LogP contribution in [0.1, 0.15) is 47.0 Å². The Hall–Kier alpha value is -2.03. The van der Waals surface area contributed by atoms with Crippen LogP contribution in [0.4, 0.5) is 17.6 Å². The maximum absolute atomic E-state index is 17.1. The van der Waals surface area contributed by atoms with E-state index in [1.165, 1.54) is 6.92 Å². The average Bonchev–Trinajstić information content (AvgIpc) is 2.94. The van der Waals surface area contributed by atoms with Crippen molar-refractivity contribution in [3.63, 3.8) is 0 Å². The van der Waals surface area contributed by atoms with Crippen LogP contribution in [-0.2, 0) is 19.1 Å². The van der Waals surface area contributed by atoms with Crippen molar-refractivity contribution in [2.24, 2.45) is 28.6 Å². The average molecular weight is 472 g/mol. The molecule has 9 heteroatoms. The lowest BCUT2D eigenvalue weighted by atomic mass is 9.44. The van der Waals surface area contributed by atoms with Crippen molar-refractivity contribution < 1.29 is 41.8 Å². The molecule has 0 radical (unpaired) electrons. The second-order valence-corrected chi connectivity index (χ2v) is 10.5. The molecule has 182 valence electrons. The first-order chi connectivity index (χ1) is 15.2. The Morgan fingerprint density at radius 2 is 1.88 bits per heavy atom. The SMILES string of the molecule is CC(=O)O[C@]1(C(=O)CF)[C@@H](C)C[C@H]2[C@@H]3C[C@H](F)C4=C(F)C(=O)C=C[C@]4(C)[C@@]3(F)[C@@H](O)C[C@@]21C. The van der Waals surface area contributed by atoms with Crippen LogP contribution in [0.25, 0.3) is 0 Å². The zero-order chi connectivity index (χ0) is 24.7. The zero-order valence-corrected chi connectivity index (χ0v) is 19.0. The van der Waals surface area contributed by atoms with E-state index in [4.69, 9.17) is 4.74 Å². The summed E-state index contributed by atoms with van der Waals surface area (Å²) < 4.78 is 66.5. The van der Waals surface area contributed by atoms with E-state index in [1.807, 2.05) is 0 Å². The smallest absolute Gasteiger partial charge is 0.303 e. The van der Waals surface area contributed by atoms with Gasteiger partial charge in [-0.15, -0.1) is 0 Å². The number of aliphatic hydroxyl groups is 1. The molecular weight excluding hydrogens is 444 g/mol. The molecule has 0 spiro atoms. The highest BCUT2D eigenvalue weighted by molar-refractivity contribution is 6.04. The molecule has 0 aromatic rings. The summed E-state index contributed by atoms with van der Waals surface area (Å²) in [6.45, 7) is 4.06. The van der Waals surface area contributed by atoms with Gasteiger partial charge in [0.15, 0.2) is 23.8 Å². The molecule has 4 aliphatic rings. The van der Waals surface area contributed by atoms with E-state index in [0.29, 0.717) is 0 Å². The number of esters is 1. The third-order valence-electron chi connectivity index (χ3n) is 9.09. The summed E-state index contributed by atoms with van der Waals surface area (Å²) >= 11 is 0. The number of ketones is 2. The van der Waals surface area contributed by atoms with Crippen molar-refractivity contribution in [3.05, 3.63) is 23.6 Å². The third-order valence-corrected chi connectivity index (χ3v) is 9.09. The van der Waals surface area contributed by atoms with Gasteiger partial charge >= 0.3 is 5.97 Å². The molecule has 0 saturated heterocycles. The largest absolute Gasteiger partial charge is 0.450 e. The van der Waals surface area contributed by atoms with Crippen molar-refractivity contribution in [2.75, 3.05) is 6.67 Å². The van der Waals surface area contributed by atoms with Crippen molar-refractivity contribution in [1.82, 2.24) is 0 Å². The molecule has 0 unspecified atom stereocenters. The van der Waals surface area contributed by atoms with Crippen LogP contribution in [0.3, 0.4) is 0 Å². The molecule has 0 aliphatic heterocycles. The standard InChI is InChI=1S/C24H28F4O5/c1-11-7-13-14-8-15(26)19-20(27)16(30)5-6-21(19,3)23(14,28)17(31)9-22(13,4)24(11,18(32)10-25)33-12(2)29/h5-6,11,13-15,17,31H,7-10H2,1-4H3/t11-,13-,14-,15-,17-,21-,22-,23-,24-/m0/s1. The van der Waals surface area contributed by atoms with Crippen LogP contribution in [0, 0.1) is 28.6 Å². The molecule has 0 aromatic heterocycles. The Kier molecular flexibility index (Phi) is 5.28. The van der Waals surface area contributed by atoms with Crippen LogP contribution < -0.4 is 0 Å². The number of hydrogen-bond acceptors (Lipinski definition) is 5. The van der Waals surface area contributed by atoms with Crippen molar-refractivity contribution in [3.8, 4) is 0 Å². The Balaban J connectivity index is 1.91. The van der Waals surface area contributed by atoms with Crippen LogP contribution >= 0.6 is 0 Å². The van der Waals surface area contributed by atoms with E-state index in [9.17, 15) is 28.3 Å². The van der Waals surface area contributed by atoms with Crippen LogP contribution in [0.5, 0.6) is 0 Å². The molecule has 4 aliphatic carbocycles. The first-order valence-corrected chi connectivity index (χ1v) is 11.2. The minimum Gasteiger partial charge on any atom is -0.450 e. The number of carbonyl (C=O) groups excluding carboxylic acids is 3. The second-order valence-electron chi connectivity index (χ2n) is 10.5. The number of carbonyl (C=O) groups is 3. The number of allylic oxidation sites excluding steroid dienone is 4. The van der Waals surface area contributed by atoms with Gasteiger partial charge in [-0.1, -0.05) is 19.9 Å². The topological polar surface area (TPSA) is 80.7 Å². The summed E-state index contributed by atoms with van der Waals surface area (Å²) in [5, 5.41) is 11.2. The maximum Gasteiger partial charge on any atom is 0.303 e. The molecule has 9 atom stereocenters. The molecule has 4 rings (SSSR count). The van der Waals surface area contributed by atoms with E-state index in [0.717, 1.165) is 19.1 Å². The number of aliphatic hydroxyl groups excluding tert-OH is 1. The minimum atomic E-state index is -2.56. The number of halogens is 4. The fourth-order valence-corrected chi connectivity index (χ4v) is 7.81. The van der Waals surface area contributed by atoms with Gasteiger partial charge in [-0.05, 0) is 38.2 Å². The van der Waals surface area contributed by atoms with Crippen LogP contribution in [-0.4, -0.2) is 52.9 Å². The Morgan fingerprint density at radius 1 is 1.24 bits per heavy atom. The highest BCUT2D eigenvalue weighted by atomic mass is 19.2. The lowest BCUT2D eigenvalue weighted by molar-refractivity contribution is -0.231. The normalized spacial score (nSPS) is 48.8. The van der Waals surface area contributed by atoms with E-state index in [2.05, 4.69) is 0 Å². The summed E-state index contributed by atoms with van der Waals surface area (Å²) in [4.78, 5) is 36.8. The molecule has 3 saturated carbocycles. The van der Waals surface area contributed by atoms with Gasteiger partial charge in [-0.25, -0.2) is 17.6 Å². The first-order valence-electron chi connectivity index (χ1n) is 11.2. The number of hydrogen-bond donors (Lipinski definition) is 1. The zero-order valence-electron chi connectivity index (χ0n) is 19.0. The number of ether oxygens (including phenoxy) is 1. The van der Waals surface area contributed by atoms with Gasteiger partial charge in [0.25, 0.3) is 0 Å². The molecule has 0 heterocycles. The highest BCUT2D eigenvalue weighted by Gasteiger charge is 2.78. The summed E-state index contributed by atoms with van der Waals surface area (Å²) in [6.07, 6.45) is -2.66. The maximum atomic E-state index is 17.1. The predicted octanol–water partition coefficient (Wildman–Crippen LogP) is 3.69. The van der Waals surface area contributed by atoms with Gasteiger partial charge in [0, 0.05) is 35.2 Å². The van der Waals surface area contributed by atoms with Gasteiger partial charge in [0.05, 0.1) is 6.10 Å². The van der Waals surface area contributed by atoms with E-state index in [-0.39, 0.29) is 6.42 Å². The summed E-state index contributed by atoms with van der Waals surface area (Å²) in [5.74, 6) is -6.92. The number of Topliss-reactive ketones (excluding diaryl/α,β-unsaturated/α-hetero) is 1. The Bertz CT molecular complexity index is 993. The van der Waals surface area contributed by atoms with Crippen LogP contribution in [0.15, 0.2) is 23.6 Å². The van der Waals surface area contributed by atoms with Crippen LogP contribution in [0.2, 0.25) is 0 Å². The fraction of sp³-hybridized carbons (Fsp3) is 0.708. The molecule has 5 nitrogen and oxygen atoms in total. The lowest BCUT2D eigenvalue weighted by Crippen LogP contribution is -2.71. The predicted molar refractivity (Wildman–Crippen MR) is 109 cm³/mol. The molecular formula is C24H28F4O5. The number of alkyl halides is 3. The second kappa shape index (κ2) is 7.23. The quantitative estimate of drug-likeness (QED) is 0.501. The molecule has 33 heavy (non-hydrogen) atoms. The van der Waals surface area contributed by atoms with Gasteiger partial charge in [-0.3, -0.25) is 14.4 Å². The third kappa shape index (κ3) is 2.66. The van der Waals surface area contributed by atoms with Gasteiger partial charge < -0.3 is 9.84 Å². The molecule has 1 N–H and O–H groups in total.